The first-order chi connectivity index (χ1) is 12.6. The van der Waals surface area contributed by atoms with Crippen molar-refractivity contribution >= 4 is 5.69 Å². The molecule has 0 saturated carbocycles. The van der Waals surface area contributed by atoms with Crippen molar-refractivity contribution in [3.8, 4) is 11.5 Å². The summed E-state index contributed by atoms with van der Waals surface area (Å²) in [4.78, 5) is 3.69. The van der Waals surface area contributed by atoms with Crippen LogP contribution in [-0.4, -0.2) is 24.8 Å². The van der Waals surface area contributed by atoms with Crippen molar-refractivity contribution in [3.63, 3.8) is 0 Å². The predicted molar refractivity (Wildman–Crippen MR) is 81.1 cm³/mol. The lowest BCUT2D eigenvalue weighted by Gasteiger charge is -2.14. The summed E-state index contributed by atoms with van der Waals surface area (Å²) in [6.45, 7) is -6.26. The number of aromatic nitrogens is 1. The van der Waals surface area contributed by atoms with E-state index in [1.807, 2.05) is 0 Å². The highest BCUT2D eigenvalue weighted by Gasteiger charge is 2.30. The van der Waals surface area contributed by atoms with Gasteiger partial charge < -0.3 is 14.8 Å². The number of alkyl halides is 7. The van der Waals surface area contributed by atoms with Crippen LogP contribution in [0.25, 0.3) is 0 Å². The van der Waals surface area contributed by atoms with Crippen molar-refractivity contribution in [1.29, 1.82) is 0 Å². The number of anilines is 1. The first-order valence-electron chi connectivity index (χ1n) is 7.45. The molecule has 0 spiro atoms. The van der Waals surface area contributed by atoms with Crippen LogP contribution in [0.3, 0.4) is 0 Å². The van der Waals surface area contributed by atoms with E-state index in [1.165, 1.54) is 12.1 Å². The number of halogens is 7. The van der Waals surface area contributed by atoms with Gasteiger partial charge in [0.25, 0.3) is 0 Å². The third kappa shape index (κ3) is 6.50. The Morgan fingerprint density at radius 1 is 0.926 bits per heavy atom. The second-order valence-electron chi connectivity index (χ2n) is 5.13. The minimum absolute atomic E-state index is 0.196. The second kappa shape index (κ2) is 8.78. The molecule has 27 heavy (non-hydrogen) atoms. The molecule has 0 atom stereocenters. The van der Waals surface area contributed by atoms with Gasteiger partial charge in [-0.2, -0.15) is 30.7 Å². The van der Waals surface area contributed by atoms with Gasteiger partial charge in [-0.3, -0.25) is 4.98 Å². The van der Waals surface area contributed by atoms with Crippen LogP contribution in [0.1, 0.15) is 11.3 Å². The molecule has 1 heterocycles. The monoisotopic (exact) mass is 398 g/mol. The van der Waals surface area contributed by atoms with Gasteiger partial charge in [-0.1, -0.05) is 0 Å². The average molecular weight is 398 g/mol. The van der Waals surface area contributed by atoms with E-state index < -0.39 is 36.5 Å². The molecule has 0 unspecified atom stereocenters. The van der Waals surface area contributed by atoms with Gasteiger partial charge in [0.1, 0.15) is 0 Å². The number of benzene rings is 1. The van der Waals surface area contributed by atoms with Crippen LogP contribution in [0.5, 0.6) is 11.5 Å². The molecular weight excluding hydrogens is 385 g/mol. The summed E-state index contributed by atoms with van der Waals surface area (Å²) in [7, 11) is 0. The SMILES string of the molecule is FC(F)Oc1ccc(NCCc2ccc(C(F)(F)F)cn2)cc1OC(F)F. The van der Waals surface area contributed by atoms with E-state index in [0.717, 1.165) is 18.2 Å². The maximum absolute atomic E-state index is 12.5. The van der Waals surface area contributed by atoms with Gasteiger partial charge in [-0.15, -0.1) is 0 Å². The lowest BCUT2D eigenvalue weighted by Crippen LogP contribution is -2.10. The van der Waals surface area contributed by atoms with Crippen molar-refractivity contribution in [3.05, 3.63) is 47.8 Å². The highest BCUT2D eigenvalue weighted by molar-refractivity contribution is 5.54. The lowest BCUT2D eigenvalue weighted by molar-refractivity contribution is -0.137. The maximum Gasteiger partial charge on any atom is 0.417 e. The van der Waals surface area contributed by atoms with Crippen LogP contribution in [0.15, 0.2) is 36.5 Å². The Hall–Kier alpha value is -2.72. The molecule has 0 amide bonds. The molecule has 0 saturated heterocycles. The number of hydrogen-bond donors (Lipinski definition) is 1. The third-order valence-corrected chi connectivity index (χ3v) is 3.24. The minimum Gasteiger partial charge on any atom is -0.431 e. The van der Waals surface area contributed by atoms with Crippen molar-refractivity contribution in [2.24, 2.45) is 0 Å². The summed E-state index contributed by atoms with van der Waals surface area (Å²) in [5.74, 6) is -1.14. The Balaban J connectivity index is 1.98. The number of rotatable bonds is 8. The molecule has 2 rings (SSSR count). The molecule has 1 aromatic carbocycles. The summed E-state index contributed by atoms with van der Waals surface area (Å²) in [6.07, 6.45) is -3.54. The lowest BCUT2D eigenvalue weighted by atomic mass is 10.2. The zero-order valence-corrected chi connectivity index (χ0v) is 13.4. The summed E-state index contributed by atoms with van der Waals surface area (Å²) < 4.78 is 94.9. The Bertz CT molecular complexity index is 737. The molecule has 0 bridgehead atoms. The number of ether oxygens (including phenoxy) is 2. The molecular formula is C16H13F7N2O2. The fourth-order valence-electron chi connectivity index (χ4n) is 2.07. The predicted octanol–water partition coefficient (Wildman–Crippen LogP) is 4.96. The maximum atomic E-state index is 12.5. The fraction of sp³-hybridized carbons (Fsp3) is 0.312. The number of hydrogen-bond acceptors (Lipinski definition) is 4. The van der Waals surface area contributed by atoms with Gasteiger partial charge in [-0.25, -0.2) is 0 Å². The van der Waals surface area contributed by atoms with E-state index in [4.69, 9.17) is 0 Å². The van der Waals surface area contributed by atoms with E-state index in [1.54, 1.807) is 0 Å². The zero-order chi connectivity index (χ0) is 20.0. The summed E-state index contributed by atoms with van der Waals surface area (Å²) in [5, 5.41) is 2.80. The van der Waals surface area contributed by atoms with Gasteiger partial charge in [0.05, 0.1) is 5.56 Å². The molecule has 4 nitrogen and oxygen atoms in total. The van der Waals surface area contributed by atoms with Crippen LogP contribution in [0.2, 0.25) is 0 Å². The molecule has 11 heteroatoms. The van der Waals surface area contributed by atoms with Crippen molar-refractivity contribution in [2.75, 3.05) is 11.9 Å². The largest absolute Gasteiger partial charge is 0.431 e. The molecule has 0 radical (unpaired) electrons. The Kier molecular flexibility index (Phi) is 6.70. The second-order valence-corrected chi connectivity index (χ2v) is 5.13. The van der Waals surface area contributed by atoms with Gasteiger partial charge in [-0.05, 0) is 24.3 Å². The molecule has 0 aliphatic carbocycles. The smallest absolute Gasteiger partial charge is 0.417 e. The topological polar surface area (TPSA) is 43.4 Å². The molecule has 0 fully saturated rings. The van der Waals surface area contributed by atoms with E-state index in [-0.39, 0.29) is 18.7 Å². The molecule has 1 aromatic heterocycles. The van der Waals surface area contributed by atoms with Gasteiger partial charge in [0, 0.05) is 36.6 Å². The Labute approximate surface area is 148 Å². The summed E-state index contributed by atoms with van der Waals surface area (Å²) in [5.41, 5.74) is -0.237. The third-order valence-electron chi connectivity index (χ3n) is 3.24. The fourth-order valence-corrected chi connectivity index (χ4v) is 2.07. The Morgan fingerprint density at radius 2 is 1.59 bits per heavy atom. The van der Waals surface area contributed by atoms with Crippen LogP contribution >= 0.6 is 0 Å². The molecule has 1 N–H and O–H groups in total. The quantitative estimate of drug-likeness (QED) is 0.639. The van der Waals surface area contributed by atoms with Gasteiger partial charge >= 0.3 is 19.4 Å². The van der Waals surface area contributed by atoms with Gasteiger partial charge in [0.2, 0.25) is 0 Å². The van der Waals surface area contributed by atoms with Crippen molar-refractivity contribution < 1.29 is 40.2 Å². The van der Waals surface area contributed by atoms with Crippen LogP contribution in [0.4, 0.5) is 36.4 Å². The average Bonchev–Trinajstić information content (AvgIpc) is 2.56. The van der Waals surface area contributed by atoms with Crippen LogP contribution in [-0.2, 0) is 12.6 Å². The first kappa shape index (κ1) is 20.6. The Morgan fingerprint density at radius 3 is 2.15 bits per heavy atom. The summed E-state index contributed by atoms with van der Waals surface area (Å²) in [6, 6.07) is 5.49. The molecule has 0 aliphatic rings. The normalized spacial score (nSPS) is 11.7. The van der Waals surface area contributed by atoms with E-state index in [0.29, 0.717) is 11.9 Å². The minimum atomic E-state index is -4.48. The highest BCUT2D eigenvalue weighted by atomic mass is 19.4. The molecule has 2 aromatic rings. The highest BCUT2D eigenvalue weighted by Crippen LogP contribution is 2.33. The molecule has 0 aliphatic heterocycles. The van der Waals surface area contributed by atoms with Crippen molar-refractivity contribution in [2.45, 2.75) is 25.8 Å². The standard InChI is InChI=1S/C16H13F7N2O2/c17-14(18)26-12-4-3-11(7-13(12)27-15(19)20)24-6-5-10-2-1-9(8-25-10)16(21,22)23/h1-4,7-8,14-15,24H,5-6H2. The van der Waals surface area contributed by atoms with E-state index >= 15 is 0 Å². The molecule has 148 valence electrons. The van der Waals surface area contributed by atoms with Crippen molar-refractivity contribution in [1.82, 2.24) is 4.98 Å². The number of nitrogens with zero attached hydrogens (tertiary/aromatic N) is 1. The first-order valence-corrected chi connectivity index (χ1v) is 7.45. The zero-order valence-electron chi connectivity index (χ0n) is 13.4. The van der Waals surface area contributed by atoms with E-state index in [2.05, 4.69) is 19.8 Å². The summed E-state index contributed by atoms with van der Waals surface area (Å²) >= 11 is 0. The van der Waals surface area contributed by atoms with Crippen LogP contribution in [0, 0.1) is 0 Å². The van der Waals surface area contributed by atoms with Crippen LogP contribution < -0.4 is 14.8 Å². The number of nitrogens with one attached hydrogen (secondary N) is 1. The van der Waals surface area contributed by atoms with E-state index in [9.17, 15) is 30.7 Å². The number of pyridine rings is 1. The van der Waals surface area contributed by atoms with Gasteiger partial charge in [0.15, 0.2) is 11.5 Å².